The third-order valence-corrected chi connectivity index (χ3v) is 6.55. The van der Waals surface area contributed by atoms with Gasteiger partial charge in [0.15, 0.2) is 7.14 Å². The zero-order chi connectivity index (χ0) is 14.6. The highest BCUT2D eigenvalue weighted by Crippen LogP contribution is 2.44. The summed E-state index contributed by atoms with van der Waals surface area (Å²) in [5, 5.41) is 11.5. The molecule has 2 rings (SSSR count). The van der Waals surface area contributed by atoms with Crippen molar-refractivity contribution in [3.63, 3.8) is 0 Å². The van der Waals surface area contributed by atoms with Crippen molar-refractivity contribution in [2.45, 2.75) is 26.7 Å². The summed E-state index contributed by atoms with van der Waals surface area (Å²) in [6, 6.07) is 15.5. The molecule has 2 aromatic rings. The van der Waals surface area contributed by atoms with E-state index < -0.39 is 7.14 Å². The standard InChI is InChI=1S/C17H21O2P/c1-3-14-9-5-7-11-16(14)20(19,13-18)17-12-8-6-10-15(17)4-2/h5-12,18H,3-4,13H2,1-2H3. The van der Waals surface area contributed by atoms with Crippen molar-refractivity contribution in [1.29, 1.82) is 0 Å². The van der Waals surface area contributed by atoms with Gasteiger partial charge >= 0.3 is 0 Å². The number of hydrogen-bond donors (Lipinski definition) is 1. The second kappa shape index (κ2) is 6.39. The van der Waals surface area contributed by atoms with Crippen molar-refractivity contribution in [3.05, 3.63) is 59.7 Å². The summed E-state index contributed by atoms with van der Waals surface area (Å²) in [4.78, 5) is 0. The van der Waals surface area contributed by atoms with Crippen LogP contribution in [0.15, 0.2) is 48.5 Å². The van der Waals surface area contributed by atoms with Crippen LogP contribution in [0, 0.1) is 0 Å². The van der Waals surface area contributed by atoms with Gasteiger partial charge in [-0.25, -0.2) is 0 Å². The number of hydrogen-bond acceptors (Lipinski definition) is 2. The monoisotopic (exact) mass is 288 g/mol. The minimum atomic E-state index is -2.96. The fourth-order valence-corrected chi connectivity index (χ4v) is 5.22. The summed E-state index contributed by atoms with van der Waals surface area (Å²) in [6.45, 7) is 4.10. The topological polar surface area (TPSA) is 37.3 Å². The molecule has 2 nitrogen and oxygen atoms in total. The quantitative estimate of drug-likeness (QED) is 0.859. The summed E-state index contributed by atoms with van der Waals surface area (Å²) >= 11 is 0. The van der Waals surface area contributed by atoms with E-state index in [2.05, 4.69) is 0 Å². The van der Waals surface area contributed by atoms with Crippen molar-refractivity contribution in [3.8, 4) is 0 Å². The van der Waals surface area contributed by atoms with E-state index in [4.69, 9.17) is 0 Å². The molecule has 0 saturated heterocycles. The minimum Gasteiger partial charge on any atom is -0.388 e. The maximum Gasteiger partial charge on any atom is 0.167 e. The van der Waals surface area contributed by atoms with E-state index in [0.717, 1.165) is 34.6 Å². The zero-order valence-electron chi connectivity index (χ0n) is 12.0. The van der Waals surface area contributed by atoms with Gasteiger partial charge in [-0.2, -0.15) is 0 Å². The first-order valence-corrected chi connectivity index (χ1v) is 8.93. The van der Waals surface area contributed by atoms with E-state index >= 15 is 0 Å². The van der Waals surface area contributed by atoms with E-state index in [-0.39, 0.29) is 6.35 Å². The number of benzene rings is 2. The molecule has 0 atom stereocenters. The second-order valence-electron chi connectivity index (χ2n) is 4.85. The fraction of sp³-hybridized carbons (Fsp3) is 0.294. The Labute approximate surface area is 120 Å². The van der Waals surface area contributed by atoms with Crippen molar-refractivity contribution < 1.29 is 9.67 Å². The Kier molecular flexibility index (Phi) is 4.80. The van der Waals surface area contributed by atoms with E-state index in [0.29, 0.717) is 0 Å². The lowest BCUT2D eigenvalue weighted by Crippen LogP contribution is -2.24. The van der Waals surface area contributed by atoms with Crippen LogP contribution >= 0.6 is 7.14 Å². The maximum atomic E-state index is 13.5. The van der Waals surface area contributed by atoms with Gasteiger partial charge in [0.2, 0.25) is 0 Å². The van der Waals surface area contributed by atoms with Gasteiger partial charge in [-0.3, -0.25) is 0 Å². The molecule has 0 fully saturated rings. The van der Waals surface area contributed by atoms with Crippen LogP contribution in [-0.4, -0.2) is 11.5 Å². The van der Waals surface area contributed by atoms with E-state index in [9.17, 15) is 9.67 Å². The molecule has 0 spiro atoms. The van der Waals surface area contributed by atoms with Crippen LogP contribution in [0.3, 0.4) is 0 Å². The lowest BCUT2D eigenvalue weighted by molar-refractivity contribution is 0.362. The predicted molar refractivity (Wildman–Crippen MR) is 85.6 cm³/mol. The van der Waals surface area contributed by atoms with Crippen LogP contribution in [-0.2, 0) is 17.4 Å². The van der Waals surface area contributed by atoms with Gasteiger partial charge < -0.3 is 9.67 Å². The average molecular weight is 288 g/mol. The lowest BCUT2D eigenvalue weighted by Gasteiger charge is -2.22. The number of rotatable bonds is 5. The molecule has 0 unspecified atom stereocenters. The molecule has 0 saturated carbocycles. The van der Waals surface area contributed by atoms with Crippen molar-refractivity contribution in [1.82, 2.24) is 0 Å². The van der Waals surface area contributed by atoms with Crippen LogP contribution in [0.25, 0.3) is 0 Å². The Morgan fingerprint density at radius 2 is 1.25 bits per heavy atom. The molecule has 0 aliphatic carbocycles. The first-order valence-electron chi connectivity index (χ1n) is 7.04. The molecule has 2 aromatic carbocycles. The van der Waals surface area contributed by atoms with Crippen LogP contribution in [0.1, 0.15) is 25.0 Å². The third kappa shape index (κ3) is 2.59. The molecule has 0 aromatic heterocycles. The van der Waals surface area contributed by atoms with Gasteiger partial charge in [0.1, 0.15) is 6.35 Å². The Morgan fingerprint density at radius 3 is 1.60 bits per heavy atom. The van der Waals surface area contributed by atoms with E-state index in [1.807, 2.05) is 62.4 Å². The van der Waals surface area contributed by atoms with Crippen LogP contribution < -0.4 is 10.6 Å². The summed E-state index contributed by atoms with van der Waals surface area (Å²) in [7, 11) is -2.96. The summed E-state index contributed by atoms with van der Waals surface area (Å²) in [5.74, 6) is 0. The largest absolute Gasteiger partial charge is 0.388 e. The van der Waals surface area contributed by atoms with Crippen molar-refractivity contribution in [2.75, 3.05) is 6.35 Å². The molecule has 3 heteroatoms. The fourth-order valence-electron chi connectivity index (χ4n) is 2.61. The van der Waals surface area contributed by atoms with Gasteiger partial charge in [-0.1, -0.05) is 62.4 Å². The zero-order valence-corrected chi connectivity index (χ0v) is 12.9. The maximum absolute atomic E-state index is 13.5. The van der Waals surface area contributed by atoms with Gasteiger partial charge in [-0.05, 0) is 24.0 Å². The van der Waals surface area contributed by atoms with Gasteiger partial charge in [0, 0.05) is 10.6 Å². The molecule has 0 bridgehead atoms. The molecule has 20 heavy (non-hydrogen) atoms. The van der Waals surface area contributed by atoms with Crippen molar-refractivity contribution in [2.24, 2.45) is 0 Å². The number of aryl methyl sites for hydroxylation is 2. The lowest BCUT2D eigenvalue weighted by atomic mass is 10.2. The predicted octanol–water partition coefficient (Wildman–Crippen LogP) is 3.08. The smallest absolute Gasteiger partial charge is 0.167 e. The minimum absolute atomic E-state index is 0.318. The second-order valence-corrected chi connectivity index (χ2v) is 7.57. The summed E-state index contributed by atoms with van der Waals surface area (Å²) in [6.07, 6.45) is 1.31. The molecular weight excluding hydrogens is 267 g/mol. The molecule has 0 aliphatic heterocycles. The first kappa shape index (κ1) is 15.0. The SMILES string of the molecule is CCc1ccccc1P(=O)(CO)c1ccccc1CC. The molecule has 1 N–H and O–H groups in total. The van der Waals surface area contributed by atoms with Gasteiger partial charge in [0.25, 0.3) is 0 Å². The Balaban J connectivity index is 2.68. The van der Waals surface area contributed by atoms with Crippen molar-refractivity contribution >= 4 is 17.8 Å². The molecule has 106 valence electrons. The highest BCUT2D eigenvalue weighted by atomic mass is 31.2. The first-order chi connectivity index (χ1) is 9.67. The normalized spacial score (nSPS) is 11.6. The van der Waals surface area contributed by atoms with Gasteiger partial charge in [-0.15, -0.1) is 0 Å². The molecule has 0 radical (unpaired) electrons. The molecule has 0 heterocycles. The molecular formula is C17H21O2P. The summed E-state index contributed by atoms with van der Waals surface area (Å²) in [5.41, 5.74) is 2.10. The van der Waals surface area contributed by atoms with Crippen LogP contribution in [0.4, 0.5) is 0 Å². The van der Waals surface area contributed by atoms with E-state index in [1.54, 1.807) is 0 Å². The Bertz CT molecular complexity index is 583. The average Bonchev–Trinajstić information content (AvgIpc) is 2.54. The molecule has 0 aliphatic rings. The Hall–Kier alpha value is -1.37. The third-order valence-electron chi connectivity index (χ3n) is 3.72. The van der Waals surface area contributed by atoms with E-state index in [1.165, 1.54) is 0 Å². The Morgan fingerprint density at radius 1 is 0.850 bits per heavy atom. The van der Waals surface area contributed by atoms with Crippen LogP contribution in [0.2, 0.25) is 0 Å². The van der Waals surface area contributed by atoms with Gasteiger partial charge in [0.05, 0.1) is 0 Å². The molecule has 0 amide bonds. The highest BCUT2D eigenvalue weighted by Gasteiger charge is 2.30. The number of aliphatic hydroxyl groups is 1. The van der Waals surface area contributed by atoms with Crippen LogP contribution in [0.5, 0.6) is 0 Å². The number of aliphatic hydroxyl groups excluding tert-OH is 1. The summed E-state index contributed by atoms with van der Waals surface area (Å²) < 4.78 is 13.5. The highest BCUT2D eigenvalue weighted by molar-refractivity contribution is 7.78.